The summed E-state index contributed by atoms with van der Waals surface area (Å²) in [6.07, 6.45) is 2.36. The molecule has 4 rings (SSSR count). The first kappa shape index (κ1) is 14.3. The number of furan rings is 1. The first-order valence-electron chi connectivity index (χ1n) is 8.09. The number of anilines is 1. The molecule has 5 heteroatoms. The third-order valence-electron chi connectivity index (χ3n) is 5.15. The summed E-state index contributed by atoms with van der Waals surface area (Å²) in [5, 5.41) is 0. The van der Waals surface area contributed by atoms with Gasteiger partial charge in [-0.05, 0) is 56.3 Å². The predicted octanol–water partition coefficient (Wildman–Crippen LogP) is 2.45. The van der Waals surface area contributed by atoms with Gasteiger partial charge in [-0.25, -0.2) is 0 Å². The number of carbonyl (C=O) groups excluding carboxylic acids is 1. The Balaban J connectivity index is 1.53. The van der Waals surface area contributed by atoms with E-state index in [-0.39, 0.29) is 5.91 Å². The Bertz CT molecular complexity index is 708. The maximum Gasteiger partial charge on any atom is 0.289 e. The van der Waals surface area contributed by atoms with E-state index in [1.807, 2.05) is 35.2 Å². The highest BCUT2D eigenvalue weighted by Gasteiger charge is 2.39. The van der Waals surface area contributed by atoms with E-state index in [0.29, 0.717) is 29.3 Å². The molecule has 2 aliphatic heterocycles. The van der Waals surface area contributed by atoms with Crippen LogP contribution in [0.1, 0.15) is 23.4 Å². The van der Waals surface area contributed by atoms with E-state index in [1.54, 1.807) is 6.07 Å². The second kappa shape index (κ2) is 5.42. The Morgan fingerprint density at radius 3 is 2.39 bits per heavy atom. The molecular formula is C18H21N3O2. The van der Waals surface area contributed by atoms with E-state index >= 15 is 0 Å². The zero-order valence-electron chi connectivity index (χ0n) is 13.2. The Morgan fingerprint density at radius 2 is 1.74 bits per heavy atom. The number of amides is 1. The van der Waals surface area contributed by atoms with Crippen LogP contribution in [0.4, 0.5) is 5.69 Å². The molecule has 1 amide bonds. The maximum absolute atomic E-state index is 12.7. The molecule has 2 atom stereocenters. The number of nitrogen functional groups attached to an aromatic ring is 1. The number of piperazine rings is 1. The maximum atomic E-state index is 12.7. The van der Waals surface area contributed by atoms with Crippen LogP contribution < -0.4 is 5.73 Å². The average molecular weight is 311 g/mol. The van der Waals surface area contributed by atoms with Crippen LogP contribution in [0.3, 0.4) is 0 Å². The number of nitrogens with two attached hydrogens (primary N) is 1. The lowest BCUT2D eigenvalue weighted by atomic mass is 10.1. The summed E-state index contributed by atoms with van der Waals surface area (Å²) < 4.78 is 5.80. The summed E-state index contributed by atoms with van der Waals surface area (Å²) in [6, 6.07) is 12.1. The minimum absolute atomic E-state index is 0.00306. The Morgan fingerprint density at radius 1 is 1.09 bits per heavy atom. The molecule has 5 nitrogen and oxygen atoms in total. The van der Waals surface area contributed by atoms with Crippen LogP contribution in [0.15, 0.2) is 40.8 Å². The normalized spacial score (nSPS) is 24.1. The number of hydrogen-bond donors (Lipinski definition) is 1. The number of carbonyl (C=O) groups is 1. The Labute approximate surface area is 135 Å². The van der Waals surface area contributed by atoms with Crippen molar-refractivity contribution in [2.45, 2.75) is 24.9 Å². The molecule has 2 unspecified atom stereocenters. The van der Waals surface area contributed by atoms with Crippen molar-refractivity contribution < 1.29 is 9.21 Å². The monoisotopic (exact) mass is 311 g/mol. The Kier molecular flexibility index (Phi) is 3.38. The number of benzene rings is 1. The minimum atomic E-state index is -0.00306. The SMILES string of the molecule is CN1C2CCC1CN(C(=O)c1ccc(-c3ccc(N)cc3)o1)C2. The highest BCUT2D eigenvalue weighted by atomic mass is 16.4. The minimum Gasteiger partial charge on any atom is -0.451 e. The average Bonchev–Trinajstić information content (AvgIpc) is 3.09. The van der Waals surface area contributed by atoms with Crippen LogP contribution >= 0.6 is 0 Å². The lowest BCUT2D eigenvalue weighted by molar-refractivity contribution is 0.0496. The van der Waals surface area contributed by atoms with Crippen molar-refractivity contribution >= 4 is 11.6 Å². The van der Waals surface area contributed by atoms with Crippen molar-refractivity contribution in [3.05, 3.63) is 42.2 Å². The topological polar surface area (TPSA) is 62.7 Å². The van der Waals surface area contributed by atoms with Gasteiger partial charge in [0.1, 0.15) is 5.76 Å². The number of likely N-dealkylation sites (N-methyl/N-ethyl adjacent to an activating group) is 1. The lowest BCUT2D eigenvalue weighted by Gasteiger charge is -2.38. The van der Waals surface area contributed by atoms with E-state index in [0.717, 1.165) is 18.7 Å². The summed E-state index contributed by atoms with van der Waals surface area (Å²) in [4.78, 5) is 17.1. The van der Waals surface area contributed by atoms with Gasteiger partial charge < -0.3 is 15.1 Å². The van der Waals surface area contributed by atoms with Crippen LogP contribution in [-0.4, -0.2) is 47.9 Å². The van der Waals surface area contributed by atoms with Gasteiger partial charge in [-0.3, -0.25) is 9.69 Å². The second-order valence-corrected chi connectivity index (χ2v) is 6.55. The zero-order valence-corrected chi connectivity index (χ0v) is 13.2. The van der Waals surface area contributed by atoms with E-state index in [9.17, 15) is 4.79 Å². The van der Waals surface area contributed by atoms with Crippen molar-refractivity contribution in [1.29, 1.82) is 0 Å². The van der Waals surface area contributed by atoms with Crippen molar-refractivity contribution in [3.8, 4) is 11.3 Å². The molecule has 0 aliphatic carbocycles. The van der Waals surface area contributed by atoms with Crippen LogP contribution in [-0.2, 0) is 0 Å². The summed E-state index contributed by atoms with van der Waals surface area (Å²) >= 11 is 0. The van der Waals surface area contributed by atoms with Crippen LogP contribution in [0.5, 0.6) is 0 Å². The van der Waals surface area contributed by atoms with Gasteiger partial charge in [0.2, 0.25) is 0 Å². The van der Waals surface area contributed by atoms with Gasteiger partial charge in [0.25, 0.3) is 5.91 Å². The van der Waals surface area contributed by atoms with E-state index in [1.165, 1.54) is 12.8 Å². The zero-order chi connectivity index (χ0) is 16.0. The smallest absolute Gasteiger partial charge is 0.289 e. The van der Waals surface area contributed by atoms with Crippen molar-refractivity contribution in [2.24, 2.45) is 0 Å². The second-order valence-electron chi connectivity index (χ2n) is 6.55. The van der Waals surface area contributed by atoms with Gasteiger partial charge in [0, 0.05) is 36.4 Å². The fraction of sp³-hybridized carbons (Fsp3) is 0.389. The molecule has 0 spiro atoms. The molecule has 0 radical (unpaired) electrons. The third-order valence-corrected chi connectivity index (χ3v) is 5.15. The molecule has 23 heavy (non-hydrogen) atoms. The van der Waals surface area contributed by atoms with Crippen molar-refractivity contribution in [3.63, 3.8) is 0 Å². The summed E-state index contributed by atoms with van der Waals surface area (Å²) in [5.41, 5.74) is 7.34. The molecule has 2 bridgehead atoms. The number of hydrogen-bond acceptors (Lipinski definition) is 4. The van der Waals surface area contributed by atoms with Gasteiger partial charge in [-0.15, -0.1) is 0 Å². The van der Waals surface area contributed by atoms with Gasteiger partial charge in [-0.1, -0.05) is 0 Å². The molecule has 2 N–H and O–H groups in total. The van der Waals surface area contributed by atoms with E-state index in [4.69, 9.17) is 10.2 Å². The van der Waals surface area contributed by atoms with Crippen molar-refractivity contribution in [1.82, 2.24) is 9.80 Å². The third kappa shape index (κ3) is 2.51. The summed E-state index contributed by atoms with van der Waals surface area (Å²) in [7, 11) is 2.16. The first-order valence-corrected chi connectivity index (χ1v) is 8.09. The highest BCUT2D eigenvalue weighted by molar-refractivity contribution is 5.92. The van der Waals surface area contributed by atoms with Crippen LogP contribution in [0.2, 0.25) is 0 Å². The number of fused-ring (bicyclic) bond motifs is 2. The van der Waals surface area contributed by atoms with Crippen LogP contribution in [0, 0.1) is 0 Å². The number of nitrogens with zero attached hydrogens (tertiary/aromatic N) is 2. The fourth-order valence-corrected chi connectivity index (χ4v) is 3.69. The number of rotatable bonds is 2. The summed E-state index contributed by atoms with van der Waals surface area (Å²) in [5.74, 6) is 1.11. The largest absolute Gasteiger partial charge is 0.451 e. The highest BCUT2D eigenvalue weighted by Crippen LogP contribution is 2.30. The lowest BCUT2D eigenvalue weighted by Crippen LogP contribution is -2.53. The van der Waals surface area contributed by atoms with Gasteiger partial charge >= 0.3 is 0 Å². The Hall–Kier alpha value is -2.27. The molecular weight excluding hydrogens is 290 g/mol. The van der Waals surface area contributed by atoms with Crippen molar-refractivity contribution in [2.75, 3.05) is 25.9 Å². The standard InChI is InChI=1S/C18H21N3O2/c1-20-14-6-7-15(20)11-21(10-14)18(22)17-9-8-16(23-17)12-2-4-13(19)5-3-12/h2-5,8-9,14-15H,6-7,10-11,19H2,1H3. The number of likely N-dealkylation sites (tertiary alicyclic amines) is 1. The summed E-state index contributed by atoms with van der Waals surface area (Å²) in [6.45, 7) is 1.59. The molecule has 3 heterocycles. The van der Waals surface area contributed by atoms with Gasteiger partial charge in [0.15, 0.2) is 5.76 Å². The quantitative estimate of drug-likeness (QED) is 0.865. The molecule has 2 saturated heterocycles. The molecule has 120 valence electrons. The molecule has 2 fully saturated rings. The first-order chi connectivity index (χ1) is 11.1. The molecule has 2 aliphatic rings. The van der Waals surface area contributed by atoms with Gasteiger partial charge in [0.05, 0.1) is 0 Å². The van der Waals surface area contributed by atoms with E-state index in [2.05, 4.69) is 11.9 Å². The molecule has 2 aromatic rings. The fourth-order valence-electron chi connectivity index (χ4n) is 3.69. The van der Waals surface area contributed by atoms with Crippen LogP contribution in [0.25, 0.3) is 11.3 Å². The predicted molar refractivity (Wildman–Crippen MR) is 89.0 cm³/mol. The molecule has 0 saturated carbocycles. The van der Waals surface area contributed by atoms with Gasteiger partial charge in [-0.2, -0.15) is 0 Å². The molecule has 1 aromatic heterocycles. The molecule has 1 aromatic carbocycles. The van der Waals surface area contributed by atoms with E-state index < -0.39 is 0 Å².